The Kier molecular flexibility index (Phi) is 4.63. The molecule has 0 radical (unpaired) electrons. The van der Waals surface area contributed by atoms with Crippen molar-refractivity contribution in [3.8, 4) is 5.75 Å². The van der Waals surface area contributed by atoms with E-state index in [4.69, 9.17) is 4.43 Å². The van der Waals surface area contributed by atoms with Crippen molar-refractivity contribution in [3.63, 3.8) is 0 Å². The molecule has 0 saturated heterocycles. The molecule has 0 aliphatic carbocycles. The average Bonchev–Trinajstić information content (AvgIpc) is 2.39. The number of aromatic nitrogens is 2. The van der Waals surface area contributed by atoms with Crippen LogP contribution >= 0.6 is 0 Å². The number of aliphatic imine (C=N–C) groups is 1. The van der Waals surface area contributed by atoms with Crippen LogP contribution in [0, 0.1) is 13.8 Å². The van der Waals surface area contributed by atoms with E-state index in [-0.39, 0.29) is 1.43 Å². The highest BCUT2D eigenvalue weighted by Gasteiger charge is 2.06. The van der Waals surface area contributed by atoms with Crippen molar-refractivity contribution in [1.29, 1.82) is 0 Å². The third-order valence-electron chi connectivity index (χ3n) is 2.72. The summed E-state index contributed by atoms with van der Waals surface area (Å²) in [4.78, 5) is 13.0. The van der Waals surface area contributed by atoms with Crippen molar-refractivity contribution in [2.24, 2.45) is 4.99 Å². The molecule has 1 aromatic carbocycles. The fourth-order valence-electron chi connectivity index (χ4n) is 1.75. The summed E-state index contributed by atoms with van der Waals surface area (Å²) in [5, 5.41) is 0. The molecular formula is C15H20N3OSi+. The molecule has 4 nitrogen and oxygen atoms in total. The Hall–Kier alpha value is -2.01. The van der Waals surface area contributed by atoms with Gasteiger partial charge in [0.15, 0.2) is 0 Å². The molecule has 20 heavy (non-hydrogen) atoms. The molecule has 104 valence electrons. The molecule has 0 aliphatic rings. The molecule has 0 N–H and O–H groups in total. The molecule has 0 spiro atoms. The quantitative estimate of drug-likeness (QED) is 0.640. The lowest BCUT2D eigenvalue weighted by Crippen LogP contribution is -2.11. The Morgan fingerprint density at radius 3 is 2.65 bits per heavy atom. The lowest BCUT2D eigenvalue weighted by molar-refractivity contribution is 0.581. The van der Waals surface area contributed by atoms with Crippen molar-refractivity contribution < 1.29 is 5.85 Å². The van der Waals surface area contributed by atoms with Crippen molar-refractivity contribution in [2.45, 2.75) is 26.9 Å². The normalized spacial score (nSPS) is 11.2. The summed E-state index contributed by atoms with van der Waals surface area (Å²) in [6.45, 7) is 8.25. The first-order valence-electron chi connectivity index (χ1n) is 6.65. The Morgan fingerprint density at radius 1 is 1.20 bits per heavy atom. The summed E-state index contributed by atoms with van der Waals surface area (Å²) >= 11 is 0. The van der Waals surface area contributed by atoms with Gasteiger partial charge in [-0.1, -0.05) is 6.07 Å². The second-order valence-electron chi connectivity index (χ2n) is 4.92. The smallest absolute Gasteiger partial charge is 0.546 e. The van der Waals surface area contributed by atoms with E-state index in [1.54, 1.807) is 18.6 Å². The number of hydrogen-bond acceptors (Lipinski definition) is 4. The van der Waals surface area contributed by atoms with Crippen molar-refractivity contribution in [2.75, 3.05) is 0 Å². The van der Waals surface area contributed by atoms with Gasteiger partial charge in [0.05, 0.1) is 11.9 Å². The number of aryl methyl sites for hydroxylation is 2. The first-order chi connectivity index (χ1) is 9.56. The van der Waals surface area contributed by atoms with Crippen molar-refractivity contribution in [3.05, 3.63) is 47.5 Å². The van der Waals surface area contributed by atoms with Gasteiger partial charge in [0, 0.05) is 12.4 Å². The standard InChI is InChI=1S/C15H19N3OSi/c1-11-5-6-13(15(9-11)19-20(3)4)18-10-14-12(2)16-7-8-17-14/h5-10,20H,1-4H3/p+1. The first-order valence-corrected chi connectivity index (χ1v) is 9.43. The lowest BCUT2D eigenvalue weighted by atomic mass is 10.2. The van der Waals surface area contributed by atoms with E-state index >= 15 is 0 Å². The monoisotopic (exact) mass is 286 g/mol. The fourth-order valence-corrected chi connectivity index (χ4v) is 2.45. The Bertz CT molecular complexity index is 632. The van der Waals surface area contributed by atoms with E-state index in [1.165, 1.54) is 5.56 Å². The maximum absolute atomic E-state index is 5.93. The third kappa shape index (κ3) is 3.74. The third-order valence-corrected chi connectivity index (χ3v) is 3.45. The zero-order valence-electron chi connectivity index (χ0n) is 13.3. The number of benzene rings is 1. The van der Waals surface area contributed by atoms with E-state index in [0.29, 0.717) is 0 Å². The number of rotatable bonds is 4. The van der Waals surface area contributed by atoms with Gasteiger partial charge in [0.25, 0.3) is 0 Å². The molecule has 2 rings (SSSR count). The molecule has 0 atom stereocenters. The topological polar surface area (TPSA) is 47.4 Å². The fraction of sp³-hybridized carbons (Fsp3) is 0.267. The zero-order chi connectivity index (χ0) is 14.5. The van der Waals surface area contributed by atoms with Crippen LogP contribution in [-0.4, -0.2) is 25.2 Å². The maximum Gasteiger partial charge on any atom is 1.00 e. The van der Waals surface area contributed by atoms with Gasteiger partial charge in [-0.15, -0.1) is 0 Å². The molecule has 0 amide bonds. The summed E-state index contributed by atoms with van der Waals surface area (Å²) in [6.07, 6.45) is 5.08. The number of hydrogen-bond donors (Lipinski definition) is 0. The molecule has 0 fully saturated rings. The highest BCUT2D eigenvalue weighted by atomic mass is 28.3. The summed E-state index contributed by atoms with van der Waals surface area (Å²) in [5.41, 5.74) is 3.65. The summed E-state index contributed by atoms with van der Waals surface area (Å²) in [6, 6.07) is 6.04. The van der Waals surface area contributed by atoms with Gasteiger partial charge in [-0.05, 0) is 44.6 Å². The van der Waals surface area contributed by atoms with E-state index in [2.05, 4.69) is 35.0 Å². The molecule has 0 aliphatic heterocycles. The predicted molar refractivity (Wildman–Crippen MR) is 85.8 cm³/mol. The molecule has 2 aromatic rings. The van der Waals surface area contributed by atoms with Crippen LogP contribution in [0.2, 0.25) is 13.1 Å². The van der Waals surface area contributed by atoms with Crippen molar-refractivity contribution >= 4 is 20.9 Å². The molecular weight excluding hydrogens is 266 g/mol. The molecule has 1 aromatic heterocycles. The van der Waals surface area contributed by atoms with Gasteiger partial charge in [-0.2, -0.15) is 0 Å². The van der Waals surface area contributed by atoms with E-state index < -0.39 is 9.04 Å². The molecule has 0 bridgehead atoms. The zero-order valence-corrected chi connectivity index (χ0v) is 13.4. The van der Waals surface area contributed by atoms with E-state index in [9.17, 15) is 0 Å². The van der Waals surface area contributed by atoms with Gasteiger partial charge in [0.2, 0.25) is 9.04 Å². The maximum atomic E-state index is 5.93. The largest absolute Gasteiger partial charge is 1.00 e. The van der Waals surface area contributed by atoms with Crippen LogP contribution in [0.25, 0.3) is 0 Å². The van der Waals surface area contributed by atoms with Crippen LogP contribution < -0.4 is 4.43 Å². The second-order valence-corrected chi connectivity index (χ2v) is 7.26. The van der Waals surface area contributed by atoms with Crippen molar-refractivity contribution in [1.82, 2.24) is 9.97 Å². The Balaban J connectivity index is 0.00000220. The van der Waals surface area contributed by atoms with E-state index in [1.807, 2.05) is 25.1 Å². The highest BCUT2D eigenvalue weighted by Crippen LogP contribution is 2.29. The van der Waals surface area contributed by atoms with E-state index in [0.717, 1.165) is 22.8 Å². The van der Waals surface area contributed by atoms with Crippen LogP contribution in [0.5, 0.6) is 5.75 Å². The van der Waals surface area contributed by atoms with Crippen LogP contribution in [-0.2, 0) is 0 Å². The average molecular weight is 286 g/mol. The Labute approximate surface area is 122 Å². The minimum atomic E-state index is -1.16. The summed E-state index contributed by atoms with van der Waals surface area (Å²) in [5.74, 6) is 0.851. The summed E-state index contributed by atoms with van der Waals surface area (Å²) in [7, 11) is -1.16. The first kappa shape index (κ1) is 14.4. The predicted octanol–water partition coefficient (Wildman–Crippen LogP) is 3.32. The SMILES string of the molecule is Cc1ccc(N=Cc2nccnc2C)c(O[SiH](C)C)c1.[H+]. The molecule has 1 heterocycles. The van der Waals surface area contributed by atoms with Gasteiger partial charge in [0.1, 0.15) is 17.1 Å². The minimum absolute atomic E-state index is 0. The van der Waals surface area contributed by atoms with Crippen LogP contribution in [0.15, 0.2) is 35.6 Å². The second kappa shape index (κ2) is 6.43. The molecule has 0 saturated carbocycles. The van der Waals surface area contributed by atoms with Crippen LogP contribution in [0.3, 0.4) is 0 Å². The van der Waals surface area contributed by atoms with Gasteiger partial charge >= 0.3 is 1.43 Å². The van der Waals surface area contributed by atoms with Gasteiger partial charge in [-0.25, -0.2) is 0 Å². The van der Waals surface area contributed by atoms with Crippen LogP contribution in [0.4, 0.5) is 5.69 Å². The lowest BCUT2D eigenvalue weighted by Gasteiger charge is -2.12. The molecule has 0 unspecified atom stereocenters. The van der Waals surface area contributed by atoms with Gasteiger partial charge < -0.3 is 4.43 Å². The minimum Gasteiger partial charge on any atom is -0.546 e. The Morgan fingerprint density at radius 2 is 1.95 bits per heavy atom. The number of nitrogens with zero attached hydrogens (tertiary/aromatic N) is 3. The summed E-state index contributed by atoms with van der Waals surface area (Å²) < 4.78 is 5.93. The van der Waals surface area contributed by atoms with Gasteiger partial charge in [-0.3, -0.25) is 15.0 Å². The molecule has 5 heteroatoms. The highest BCUT2D eigenvalue weighted by molar-refractivity contribution is 6.49. The van der Waals surface area contributed by atoms with Crippen LogP contribution in [0.1, 0.15) is 18.4 Å².